The summed E-state index contributed by atoms with van der Waals surface area (Å²) in [4.78, 5) is 11.6. The van der Waals surface area contributed by atoms with E-state index in [2.05, 4.69) is 0 Å². The van der Waals surface area contributed by atoms with Crippen molar-refractivity contribution in [2.75, 3.05) is 7.11 Å². The first-order valence-electron chi connectivity index (χ1n) is 5.65. The van der Waals surface area contributed by atoms with Gasteiger partial charge in [0.15, 0.2) is 0 Å². The van der Waals surface area contributed by atoms with Crippen LogP contribution in [0.4, 0.5) is 0 Å². The molecule has 1 aliphatic carbocycles. The van der Waals surface area contributed by atoms with E-state index in [0.29, 0.717) is 5.56 Å². The number of nitrogens with two attached hydrogens (primary N) is 1. The molecule has 0 saturated heterocycles. The number of methoxy groups -OCH3 is 1. The van der Waals surface area contributed by atoms with E-state index in [0.717, 1.165) is 17.9 Å². The van der Waals surface area contributed by atoms with Crippen LogP contribution in [0.5, 0.6) is 0 Å². The summed E-state index contributed by atoms with van der Waals surface area (Å²) in [7, 11) is 1.39. The van der Waals surface area contributed by atoms with Crippen LogP contribution in [0.3, 0.4) is 0 Å². The first-order valence-corrected chi connectivity index (χ1v) is 5.65. The fraction of sp³-hybridized carbons (Fsp3) is 0.462. The zero-order chi connectivity index (χ0) is 11.5. The van der Waals surface area contributed by atoms with E-state index in [9.17, 15) is 4.79 Å². The van der Waals surface area contributed by atoms with Gasteiger partial charge in [-0.15, -0.1) is 12.4 Å². The standard InChI is InChI=1S/C13H17NO2.ClH/c1-16-13(15)11-5-3-2-4-10(11)12(14)8-9-6-7-9;/h2-5,9,12H,6-8,14H2,1H3;1H/t12-;/m0./s1. The molecule has 0 radical (unpaired) electrons. The second-order valence-electron chi connectivity index (χ2n) is 4.36. The molecule has 94 valence electrons. The van der Waals surface area contributed by atoms with Crippen LogP contribution in [-0.2, 0) is 4.74 Å². The zero-order valence-electron chi connectivity index (χ0n) is 9.89. The van der Waals surface area contributed by atoms with Crippen molar-refractivity contribution in [1.29, 1.82) is 0 Å². The lowest BCUT2D eigenvalue weighted by Crippen LogP contribution is -2.16. The fourth-order valence-corrected chi connectivity index (χ4v) is 1.96. The third-order valence-electron chi connectivity index (χ3n) is 3.05. The molecule has 0 spiro atoms. The van der Waals surface area contributed by atoms with Crippen LogP contribution >= 0.6 is 12.4 Å². The maximum atomic E-state index is 11.6. The van der Waals surface area contributed by atoms with Crippen molar-refractivity contribution in [1.82, 2.24) is 0 Å². The Kier molecular flexibility index (Phi) is 4.97. The lowest BCUT2D eigenvalue weighted by atomic mass is 9.97. The van der Waals surface area contributed by atoms with Crippen molar-refractivity contribution in [2.24, 2.45) is 11.7 Å². The van der Waals surface area contributed by atoms with Crippen LogP contribution in [0.15, 0.2) is 24.3 Å². The lowest BCUT2D eigenvalue weighted by molar-refractivity contribution is 0.0598. The van der Waals surface area contributed by atoms with E-state index < -0.39 is 0 Å². The number of benzene rings is 1. The van der Waals surface area contributed by atoms with Crippen molar-refractivity contribution < 1.29 is 9.53 Å². The van der Waals surface area contributed by atoms with Gasteiger partial charge in [-0.3, -0.25) is 0 Å². The predicted octanol–water partition coefficient (Wildman–Crippen LogP) is 2.69. The molecule has 1 saturated carbocycles. The van der Waals surface area contributed by atoms with E-state index in [1.165, 1.54) is 20.0 Å². The monoisotopic (exact) mass is 255 g/mol. The molecule has 0 unspecified atom stereocenters. The van der Waals surface area contributed by atoms with Gasteiger partial charge in [-0.2, -0.15) is 0 Å². The van der Waals surface area contributed by atoms with Crippen molar-refractivity contribution >= 4 is 18.4 Å². The largest absolute Gasteiger partial charge is 0.465 e. The molecule has 1 aromatic rings. The fourth-order valence-electron chi connectivity index (χ4n) is 1.96. The van der Waals surface area contributed by atoms with Crippen LogP contribution in [0.25, 0.3) is 0 Å². The van der Waals surface area contributed by atoms with Crippen LogP contribution in [0.1, 0.15) is 41.2 Å². The van der Waals surface area contributed by atoms with Gasteiger partial charge >= 0.3 is 5.97 Å². The third-order valence-corrected chi connectivity index (χ3v) is 3.05. The number of hydrogen-bond donors (Lipinski definition) is 1. The smallest absolute Gasteiger partial charge is 0.338 e. The minimum Gasteiger partial charge on any atom is -0.465 e. The molecule has 0 aromatic heterocycles. The van der Waals surface area contributed by atoms with E-state index in [4.69, 9.17) is 10.5 Å². The number of carbonyl (C=O) groups is 1. The van der Waals surface area contributed by atoms with Crippen molar-refractivity contribution in [3.05, 3.63) is 35.4 Å². The van der Waals surface area contributed by atoms with Gasteiger partial charge in [-0.05, 0) is 24.0 Å². The lowest BCUT2D eigenvalue weighted by Gasteiger charge is -2.14. The summed E-state index contributed by atoms with van der Waals surface area (Å²) in [6.45, 7) is 0. The maximum absolute atomic E-state index is 11.6. The molecule has 0 heterocycles. The molecule has 17 heavy (non-hydrogen) atoms. The number of esters is 1. The first kappa shape index (κ1) is 14.0. The molecule has 4 heteroatoms. The second kappa shape index (κ2) is 6.03. The highest BCUT2D eigenvalue weighted by Crippen LogP contribution is 2.37. The van der Waals surface area contributed by atoms with Crippen molar-refractivity contribution in [3.63, 3.8) is 0 Å². The molecule has 2 N–H and O–H groups in total. The molecule has 0 amide bonds. The summed E-state index contributed by atoms with van der Waals surface area (Å²) in [6, 6.07) is 7.38. The Hall–Kier alpha value is -1.06. The molecule has 2 rings (SSSR count). The molecule has 3 nitrogen and oxygen atoms in total. The number of rotatable bonds is 4. The molecular formula is C13H18ClNO2. The van der Waals surface area contributed by atoms with Gasteiger partial charge in [0.2, 0.25) is 0 Å². The molecule has 1 aliphatic rings. The quantitative estimate of drug-likeness (QED) is 0.842. The number of halogens is 1. The first-order chi connectivity index (χ1) is 7.72. The van der Waals surface area contributed by atoms with Gasteiger partial charge in [0, 0.05) is 6.04 Å². The molecular weight excluding hydrogens is 238 g/mol. The van der Waals surface area contributed by atoms with Gasteiger partial charge < -0.3 is 10.5 Å². The van der Waals surface area contributed by atoms with E-state index >= 15 is 0 Å². The Labute approximate surface area is 108 Å². The summed E-state index contributed by atoms with van der Waals surface area (Å²) in [5, 5.41) is 0. The highest BCUT2D eigenvalue weighted by Gasteiger charge is 2.26. The normalized spacial score (nSPS) is 15.9. The Balaban J connectivity index is 0.00000144. The van der Waals surface area contributed by atoms with Gasteiger partial charge in [0.05, 0.1) is 12.7 Å². The Morgan fingerprint density at radius 2 is 2.12 bits per heavy atom. The number of carbonyl (C=O) groups excluding carboxylic acids is 1. The molecule has 1 aromatic carbocycles. The Morgan fingerprint density at radius 1 is 1.47 bits per heavy atom. The SMILES string of the molecule is COC(=O)c1ccccc1[C@@H](N)CC1CC1.Cl. The molecule has 1 atom stereocenters. The minimum atomic E-state index is -0.304. The van der Waals surface area contributed by atoms with Crippen molar-refractivity contribution in [2.45, 2.75) is 25.3 Å². The summed E-state index contributed by atoms with van der Waals surface area (Å²) in [6.07, 6.45) is 3.51. The summed E-state index contributed by atoms with van der Waals surface area (Å²) >= 11 is 0. The zero-order valence-corrected chi connectivity index (χ0v) is 10.7. The summed E-state index contributed by atoms with van der Waals surface area (Å²) < 4.78 is 4.75. The average Bonchev–Trinajstić information content (AvgIpc) is 3.12. The van der Waals surface area contributed by atoms with Crippen LogP contribution in [0.2, 0.25) is 0 Å². The van der Waals surface area contributed by atoms with E-state index in [1.54, 1.807) is 6.07 Å². The van der Waals surface area contributed by atoms with Crippen LogP contribution < -0.4 is 5.73 Å². The van der Waals surface area contributed by atoms with Gasteiger partial charge in [0.25, 0.3) is 0 Å². The molecule has 0 bridgehead atoms. The Morgan fingerprint density at radius 3 is 2.71 bits per heavy atom. The topological polar surface area (TPSA) is 52.3 Å². The number of ether oxygens (including phenoxy) is 1. The van der Waals surface area contributed by atoms with Gasteiger partial charge in [-0.25, -0.2) is 4.79 Å². The minimum absolute atomic E-state index is 0. The van der Waals surface area contributed by atoms with Crippen LogP contribution in [-0.4, -0.2) is 13.1 Å². The second-order valence-corrected chi connectivity index (χ2v) is 4.36. The summed E-state index contributed by atoms with van der Waals surface area (Å²) in [5.74, 6) is 0.447. The van der Waals surface area contributed by atoms with Crippen molar-refractivity contribution in [3.8, 4) is 0 Å². The highest BCUT2D eigenvalue weighted by molar-refractivity contribution is 5.91. The van der Waals surface area contributed by atoms with Gasteiger partial charge in [0.1, 0.15) is 0 Å². The maximum Gasteiger partial charge on any atom is 0.338 e. The predicted molar refractivity (Wildman–Crippen MR) is 69.3 cm³/mol. The average molecular weight is 256 g/mol. The van der Waals surface area contributed by atoms with Gasteiger partial charge in [-0.1, -0.05) is 31.0 Å². The van der Waals surface area contributed by atoms with Crippen LogP contribution in [0, 0.1) is 5.92 Å². The van der Waals surface area contributed by atoms with E-state index in [-0.39, 0.29) is 24.4 Å². The third kappa shape index (κ3) is 3.45. The summed E-state index contributed by atoms with van der Waals surface area (Å²) in [5.41, 5.74) is 7.62. The van der Waals surface area contributed by atoms with E-state index in [1.807, 2.05) is 18.2 Å². The Bertz CT molecular complexity index is 391. The molecule has 1 fully saturated rings. The molecule has 0 aliphatic heterocycles. The number of hydrogen-bond acceptors (Lipinski definition) is 3. The highest BCUT2D eigenvalue weighted by atomic mass is 35.5.